The molecule has 0 atom stereocenters. The van der Waals surface area contributed by atoms with Crippen LogP contribution in [-0.4, -0.2) is 43.0 Å². The Kier molecular flexibility index (Phi) is 17.3. The summed E-state index contributed by atoms with van der Waals surface area (Å²) in [5.74, 6) is 0. The van der Waals surface area contributed by atoms with Crippen molar-refractivity contribution >= 4 is 0 Å². The molecule has 0 radical (unpaired) electrons. The number of nitrogens with one attached hydrogen (secondary N) is 2. The number of hydrogen-bond donors (Lipinski definition) is 0. The molecule has 0 aliphatic rings. The Morgan fingerprint density at radius 3 is 0.957 bits per heavy atom. The van der Waals surface area contributed by atoms with Gasteiger partial charge in [0.1, 0.15) is 0 Å². The molecule has 0 bridgehead atoms. The Hall–Kier alpha value is -4.56. The van der Waals surface area contributed by atoms with E-state index in [1.165, 1.54) is 11.1 Å². The molecular weight excluding hydrogens is 670 g/mol. The van der Waals surface area contributed by atoms with Gasteiger partial charge in [-0.2, -0.15) is 13.1 Å². The first-order chi connectivity index (χ1) is 22.8. The zero-order valence-electron chi connectivity index (χ0n) is 26.4. The van der Waals surface area contributed by atoms with Crippen molar-refractivity contribution in [2.75, 3.05) is 13.1 Å². The molecule has 9 heteroatoms. The molecule has 240 valence electrons. The normalized spacial score (nSPS) is 10.0. The van der Waals surface area contributed by atoms with Crippen molar-refractivity contribution in [1.29, 1.82) is 0 Å². The third kappa shape index (κ3) is 13.4. The fraction of sp³-hybridized carbons (Fsp3) is 0.211. The number of hydrogen-bond acceptors (Lipinski definition) is 6. The second kappa shape index (κ2) is 22.1. The van der Waals surface area contributed by atoms with Crippen molar-refractivity contribution in [3.8, 4) is 34.2 Å². The minimum absolute atomic E-state index is 0. The molecule has 0 unspecified atom stereocenters. The Labute approximate surface area is 291 Å². The summed E-state index contributed by atoms with van der Waals surface area (Å²) in [6.45, 7) is 1.000. The number of nitrogens with zero attached hydrogens (tertiary/aromatic N) is 6. The van der Waals surface area contributed by atoms with Crippen LogP contribution in [0, 0.1) is 0 Å². The van der Waals surface area contributed by atoms with Crippen molar-refractivity contribution in [2.24, 2.45) is 0 Å². The van der Waals surface area contributed by atoms with E-state index in [-0.39, 0.29) is 19.5 Å². The first kappa shape index (κ1) is 36.9. The molecule has 6 rings (SSSR count). The van der Waals surface area contributed by atoms with Gasteiger partial charge in [-0.1, -0.05) is 49.9 Å². The standard InChI is InChI=1S/C18H24N4.2C10H8N2.Ru/c19-9-3-1-5-15-7-11-21-17(13-15)18-14-16(8-12-22-18)6-2-4-10-20;2*1-3-7-11-9(5-1)10-6-2-4-8-12-10;/h7-8,11-14,19-20H,1-6,9-10H2;2*1-8H;/q-2;;;+2. The molecule has 0 saturated heterocycles. The van der Waals surface area contributed by atoms with Gasteiger partial charge in [-0.3, -0.25) is 29.9 Å². The van der Waals surface area contributed by atoms with E-state index < -0.39 is 0 Å². The van der Waals surface area contributed by atoms with E-state index in [9.17, 15) is 0 Å². The van der Waals surface area contributed by atoms with E-state index in [4.69, 9.17) is 11.5 Å². The first-order valence-corrected chi connectivity index (χ1v) is 15.6. The maximum absolute atomic E-state index is 7.20. The Bertz CT molecular complexity index is 1460. The van der Waals surface area contributed by atoms with Gasteiger partial charge >= 0.3 is 19.5 Å². The Balaban J connectivity index is 0.000000204. The van der Waals surface area contributed by atoms with Crippen LogP contribution in [0.5, 0.6) is 0 Å². The third-order valence-electron chi connectivity index (χ3n) is 6.88. The van der Waals surface area contributed by atoms with E-state index in [0.29, 0.717) is 13.1 Å². The number of pyridine rings is 6. The molecule has 8 nitrogen and oxygen atoms in total. The van der Waals surface area contributed by atoms with Gasteiger partial charge in [0.25, 0.3) is 0 Å². The van der Waals surface area contributed by atoms with Gasteiger partial charge in [0.2, 0.25) is 0 Å². The minimum atomic E-state index is 0. The van der Waals surface area contributed by atoms with Crippen molar-refractivity contribution in [3.63, 3.8) is 0 Å². The van der Waals surface area contributed by atoms with E-state index in [1.807, 2.05) is 97.3 Å². The maximum Gasteiger partial charge on any atom is 2.00 e. The number of rotatable bonds is 11. The topological polar surface area (TPSA) is 125 Å². The zero-order chi connectivity index (χ0) is 32.1. The van der Waals surface area contributed by atoms with Crippen LogP contribution in [-0.2, 0) is 32.3 Å². The summed E-state index contributed by atoms with van der Waals surface area (Å²) < 4.78 is 0. The molecule has 0 aliphatic heterocycles. The molecular formula is C38H40N8Ru. The van der Waals surface area contributed by atoms with Crippen molar-refractivity contribution in [3.05, 3.63) is 157 Å². The SMILES string of the molecule is [NH-]CCCCc1ccnc(-c2cc(CCCC[NH-])ccn2)c1.[Ru+2].c1ccc(-c2ccccn2)nc1.c1ccc(-c2ccccn2)nc1. The van der Waals surface area contributed by atoms with Crippen LogP contribution >= 0.6 is 0 Å². The molecule has 0 saturated carbocycles. The number of unbranched alkanes of at least 4 members (excludes halogenated alkanes) is 2. The van der Waals surface area contributed by atoms with E-state index >= 15 is 0 Å². The zero-order valence-corrected chi connectivity index (χ0v) is 28.1. The summed E-state index contributed by atoms with van der Waals surface area (Å²) in [4.78, 5) is 25.6. The summed E-state index contributed by atoms with van der Waals surface area (Å²) in [5, 5.41) is 0. The molecule has 0 amide bonds. The number of aromatic nitrogens is 6. The molecule has 0 aliphatic carbocycles. The van der Waals surface area contributed by atoms with Crippen LogP contribution < -0.4 is 0 Å². The van der Waals surface area contributed by atoms with Crippen LogP contribution in [0.4, 0.5) is 0 Å². The largest absolute Gasteiger partial charge is 2.00 e. The summed E-state index contributed by atoms with van der Waals surface area (Å²) in [6.07, 6.45) is 16.8. The second-order valence-electron chi connectivity index (χ2n) is 10.4. The first-order valence-electron chi connectivity index (χ1n) is 15.6. The van der Waals surface area contributed by atoms with E-state index in [2.05, 4.69) is 42.0 Å². The molecule has 6 heterocycles. The van der Waals surface area contributed by atoms with Gasteiger partial charge in [0.05, 0.1) is 34.2 Å². The monoisotopic (exact) mass is 710 g/mol. The predicted molar refractivity (Wildman–Crippen MR) is 187 cm³/mol. The van der Waals surface area contributed by atoms with Crippen LogP contribution in [0.3, 0.4) is 0 Å². The maximum atomic E-state index is 7.20. The molecule has 0 spiro atoms. The average Bonchev–Trinajstić information content (AvgIpc) is 3.14. The van der Waals surface area contributed by atoms with Crippen LogP contribution in [0.1, 0.15) is 36.8 Å². The molecule has 2 N–H and O–H groups in total. The van der Waals surface area contributed by atoms with Crippen LogP contribution in [0.25, 0.3) is 45.6 Å². The molecule has 6 aromatic heterocycles. The van der Waals surface area contributed by atoms with Crippen molar-refractivity contribution < 1.29 is 19.5 Å². The Morgan fingerprint density at radius 2 is 0.681 bits per heavy atom. The molecule has 47 heavy (non-hydrogen) atoms. The molecule has 0 aromatic carbocycles. The second-order valence-corrected chi connectivity index (χ2v) is 10.4. The van der Waals surface area contributed by atoms with Gasteiger partial charge < -0.3 is 11.5 Å². The average molecular weight is 710 g/mol. The van der Waals surface area contributed by atoms with E-state index in [0.717, 1.165) is 72.7 Å². The van der Waals surface area contributed by atoms with Gasteiger partial charge in [0, 0.05) is 37.2 Å². The van der Waals surface area contributed by atoms with Crippen LogP contribution in [0.15, 0.2) is 134 Å². The van der Waals surface area contributed by atoms with Gasteiger partial charge in [-0.05, 0) is 96.8 Å². The van der Waals surface area contributed by atoms with Gasteiger partial charge in [-0.15, -0.1) is 0 Å². The van der Waals surface area contributed by atoms with Crippen molar-refractivity contribution in [2.45, 2.75) is 38.5 Å². The third-order valence-corrected chi connectivity index (χ3v) is 6.88. The fourth-order valence-corrected chi connectivity index (χ4v) is 4.51. The summed E-state index contributed by atoms with van der Waals surface area (Å²) in [5.41, 5.74) is 22.4. The van der Waals surface area contributed by atoms with E-state index in [1.54, 1.807) is 24.8 Å². The Morgan fingerprint density at radius 1 is 0.362 bits per heavy atom. The fourth-order valence-electron chi connectivity index (χ4n) is 4.51. The molecule has 0 fully saturated rings. The summed E-state index contributed by atoms with van der Waals surface area (Å²) in [6, 6.07) is 31.5. The van der Waals surface area contributed by atoms with Crippen molar-refractivity contribution in [1.82, 2.24) is 29.9 Å². The smallest absolute Gasteiger partial charge is 0.677 e. The quantitative estimate of drug-likeness (QED) is 0.0976. The van der Waals surface area contributed by atoms with Gasteiger partial charge in [-0.25, -0.2) is 0 Å². The van der Waals surface area contributed by atoms with Crippen LogP contribution in [0.2, 0.25) is 0 Å². The van der Waals surface area contributed by atoms with Gasteiger partial charge in [0.15, 0.2) is 0 Å². The molecule has 6 aromatic rings. The minimum Gasteiger partial charge on any atom is -0.677 e. The predicted octanol–water partition coefficient (Wildman–Crippen LogP) is 9.18. The number of aryl methyl sites for hydroxylation is 2. The summed E-state index contributed by atoms with van der Waals surface area (Å²) in [7, 11) is 0. The summed E-state index contributed by atoms with van der Waals surface area (Å²) >= 11 is 0.